The number of anilines is 1. The minimum absolute atomic E-state index is 0.347. The third-order valence-electron chi connectivity index (χ3n) is 2.10. The number of fused-ring (bicyclic) bond motifs is 1. The number of hydrogen-bond donors (Lipinski definition) is 2. The molecule has 2 aromatic rings. The van der Waals surface area contributed by atoms with Crippen molar-refractivity contribution < 1.29 is 8.42 Å². The van der Waals surface area contributed by atoms with Gasteiger partial charge in [0.05, 0.1) is 10.2 Å². The van der Waals surface area contributed by atoms with E-state index in [1.54, 1.807) is 6.92 Å². The van der Waals surface area contributed by atoms with Crippen LogP contribution in [0.15, 0.2) is 18.2 Å². The molecule has 0 aliphatic carbocycles. The number of nitrogens with one attached hydrogen (secondary N) is 2. The zero-order chi connectivity index (χ0) is 12.5. The summed E-state index contributed by atoms with van der Waals surface area (Å²) in [4.78, 5) is 4.21. The van der Waals surface area contributed by atoms with E-state index < -0.39 is 10.2 Å². The first kappa shape index (κ1) is 12.3. The molecule has 0 saturated heterocycles. The van der Waals surface area contributed by atoms with Crippen molar-refractivity contribution in [1.29, 1.82) is 0 Å². The Bertz CT molecular complexity index is 634. The van der Waals surface area contributed by atoms with E-state index in [4.69, 9.17) is 0 Å². The molecule has 0 aliphatic heterocycles. The number of hydrogen-bond acceptors (Lipinski definition) is 4. The van der Waals surface area contributed by atoms with Crippen LogP contribution in [0.2, 0.25) is 0 Å². The highest BCUT2D eigenvalue weighted by molar-refractivity contribution is 7.91. The predicted octanol–water partition coefficient (Wildman–Crippen LogP) is 1.87. The van der Waals surface area contributed by atoms with E-state index in [9.17, 15) is 8.42 Å². The maximum atomic E-state index is 11.5. The molecular weight excluding hydrogens is 258 g/mol. The summed E-state index contributed by atoms with van der Waals surface area (Å²) in [5.74, 6) is 0. The molecule has 0 spiro atoms. The summed E-state index contributed by atoms with van der Waals surface area (Å²) < 4.78 is 28.7. The topological polar surface area (TPSA) is 71.1 Å². The molecule has 0 unspecified atom stereocenters. The van der Waals surface area contributed by atoms with Crippen LogP contribution >= 0.6 is 11.3 Å². The molecule has 0 saturated carbocycles. The van der Waals surface area contributed by atoms with Crippen LogP contribution in [0.4, 0.5) is 5.13 Å². The summed E-state index contributed by atoms with van der Waals surface area (Å²) in [6, 6.07) is 5.81. The van der Waals surface area contributed by atoms with Crippen LogP contribution in [0.1, 0.15) is 12.5 Å². The van der Waals surface area contributed by atoms with Gasteiger partial charge in [0.25, 0.3) is 0 Å². The Morgan fingerprint density at radius 2 is 2.18 bits per heavy atom. The molecule has 7 heteroatoms. The first-order valence-electron chi connectivity index (χ1n) is 5.15. The Kier molecular flexibility index (Phi) is 3.32. The number of aromatic nitrogens is 1. The van der Waals surface area contributed by atoms with E-state index in [-0.39, 0.29) is 0 Å². The van der Waals surface area contributed by atoms with Crippen LogP contribution in [0.5, 0.6) is 0 Å². The van der Waals surface area contributed by atoms with Gasteiger partial charge < -0.3 is 0 Å². The number of nitrogens with zero attached hydrogens (tertiary/aromatic N) is 1. The summed E-state index contributed by atoms with van der Waals surface area (Å²) >= 11 is 1.32. The lowest BCUT2D eigenvalue weighted by Crippen LogP contribution is -2.29. The Morgan fingerprint density at radius 3 is 2.88 bits per heavy atom. The van der Waals surface area contributed by atoms with E-state index in [0.29, 0.717) is 11.7 Å². The van der Waals surface area contributed by atoms with Crippen molar-refractivity contribution in [3.8, 4) is 0 Å². The number of aryl methyl sites for hydroxylation is 1. The van der Waals surface area contributed by atoms with Crippen molar-refractivity contribution in [2.75, 3.05) is 11.3 Å². The van der Waals surface area contributed by atoms with E-state index >= 15 is 0 Å². The van der Waals surface area contributed by atoms with Gasteiger partial charge in [0.1, 0.15) is 0 Å². The van der Waals surface area contributed by atoms with E-state index in [0.717, 1.165) is 15.8 Å². The quantitative estimate of drug-likeness (QED) is 0.891. The molecular formula is C10H13N3O2S2. The second-order valence-corrected chi connectivity index (χ2v) is 6.12. The molecule has 0 fully saturated rings. The fourth-order valence-electron chi connectivity index (χ4n) is 1.42. The molecule has 5 nitrogen and oxygen atoms in total. The molecule has 92 valence electrons. The molecule has 1 aromatic heterocycles. The van der Waals surface area contributed by atoms with E-state index in [1.807, 2.05) is 25.1 Å². The van der Waals surface area contributed by atoms with Gasteiger partial charge >= 0.3 is 10.2 Å². The van der Waals surface area contributed by atoms with Crippen molar-refractivity contribution >= 4 is 36.9 Å². The van der Waals surface area contributed by atoms with Crippen molar-refractivity contribution in [1.82, 2.24) is 9.71 Å². The summed E-state index contributed by atoms with van der Waals surface area (Å²) in [5, 5.41) is 0.381. The maximum Gasteiger partial charge on any atom is 0.300 e. The van der Waals surface area contributed by atoms with Crippen molar-refractivity contribution in [2.24, 2.45) is 0 Å². The second kappa shape index (κ2) is 4.59. The lowest BCUT2D eigenvalue weighted by molar-refractivity contribution is 0.589. The van der Waals surface area contributed by atoms with Crippen molar-refractivity contribution in [3.63, 3.8) is 0 Å². The summed E-state index contributed by atoms with van der Waals surface area (Å²) in [7, 11) is -3.49. The van der Waals surface area contributed by atoms with Gasteiger partial charge in [0, 0.05) is 6.54 Å². The lowest BCUT2D eigenvalue weighted by atomic mass is 10.2. The minimum Gasteiger partial charge on any atom is -0.246 e. The standard InChI is InChI=1S/C10H13N3O2S2/c1-3-11-17(14,15)13-10-12-8-5-4-7(2)6-9(8)16-10/h4-6,11H,3H2,1-2H3,(H,12,13). The number of rotatable bonds is 4. The Hall–Kier alpha value is -1.18. The Balaban J connectivity index is 2.31. The second-order valence-electron chi connectivity index (χ2n) is 3.59. The van der Waals surface area contributed by atoms with Gasteiger partial charge in [0.2, 0.25) is 0 Å². The molecule has 1 aromatic carbocycles. The largest absolute Gasteiger partial charge is 0.300 e. The van der Waals surface area contributed by atoms with Crippen molar-refractivity contribution in [3.05, 3.63) is 23.8 Å². The van der Waals surface area contributed by atoms with E-state index in [1.165, 1.54) is 11.3 Å². The average molecular weight is 271 g/mol. The first-order valence-corrected chi connectivity index (χ1v) is 7.45. The third kappa shape index (κ3) is 2.93. The van der Waals surface area contributed by atoms with Gasteiger partial charge in [0.15, 0.2) is 5.13 Å². The zero-order valence-corrected chi connectivity index (χ0v) is 11.2. The van der Waals surface area contributed by atoms with Crippen LogP contribution in [-0.4, -0.2) is 19.9 Å². The predicted molar refractivity (Wildman–Crippen MR) is 70.6 cm³/mol. The van der Waals surface area contributed by atoms with Crippen LogP contribution in [-0.2, 0) is 10.2 Å². The maximum absolute atomic E-state index is 11.5. The molecule has 17 heavy (non-hydrogen) atoms. The molecule has 0 aliphatic rings. The molecule has 0 amide bonds. The van der Waals surface area contributed by atoms with Gasteiger partial charge in [-0.1, -0.05) is 24.3 Å². The zero-order valence-electron chi connectivity index (χ0n) is 9.52. The van der Waals surface area contributed by atoms with Gasteiger partial charge in [-0.3, -0.25) is 0 Å². The van der Waals surface area contributed by atoms with Crippen LogP contribution < -0.4 is 9.44 Å². The summed E-state index contributed by atoms with van der Waals surface area (Å²) in [5.41, 5.74) is 1.93. The minimum atomic E-state index is -3.49. The molecule has 2 N–H and O–H groups in total. The Labute approximate surface area is 104 Å². The van der Waals surface area contributed by atoms with Gasteiger partial charge in [-0.05, 0) is 24.6 Å². The molecule has 2 rings (SSSR count). The van der Waals surface area contributed by atoms with Gasteiger partial charge in [-0.15, -0.1) is 0 Å². The average Bonchev–Trinajstić information content (AvgIpc) is 2.57. The molecule has 0 radical (unpaired) electrons. The number of thiazole rings is 1. The SMILES string of the molecule is CCNS(=O)(=O)Nc1nc2ccc(C)cc2s1. The summed E-state index contributed by atoms with van der Waals surface area (Å²) in [6.07, 6.45) is 0. The normalized spacial score (nSPS) is 11.9. The fraction of sp³-hybridized carbons (Fsp3) is 0.300. The monoisotopic (exact) mass is 271 g/mol. The van der Waals surface area contributed by atoms with Gasteiger partial charge in [-0.25, -0.2) is 9.71 Å². The van der Waals surface area contributed by atoms with Gasteiger partial charge in [-0.2, -0.15) is 13.1 Å². The Morgan fingerprint density at radius 1 is 1.41 bits per heavy atom. The number of benzene rings is 1. The lowest BCUT2D eigenvalue weighted by Gasteiger charge is -2.03. The highest BCUT2D eigenvalue weighted by atomic mass is 32.2. The smallest absolute Gasteiger partial charge is 0.246 e. The molecule has 1 heterocycles. The summed E-state index contributed by atoms with van der Waals surface area (Å²) in [6.45, 7) is 4.06. The first-order chi connectivity index (χ1) is 8.00. The highest BCUT2D eigenvalue weighted by Gasteiger charge is 2.11. The van der Waals surface area contributed by atoms with Crippen LogP contribution in [0.25, 0.3) is 10.2 Å². The van der Waals surface area contributed by atoms with Crippen molar-refractivity contribution in [2.45, 2.75) is 13.8 Å². The fourth-order valence-corrected chi connectivity index (χ4v) is 3.46. The van der Waals surface area contributed by atoms with Crippen LogP contribution in [0, 0.1) is 6.92 Å². The molecule has 0 atom stereocenters. The highest BCUT2D eigenvalue weighted by Crippen LogP contribution is 2.26. The third-order valence-corrected chi connectivity index (χ3v) is 4.29. The van der Waals surface area contributed by atoms with E-state index in [2.05, 4.69) is 14.4 Å². The molecule has 0 bridgehead atoms. The van der Waals surface area contributed by atoms with Crippen LogP contribution in [0.3, 0.4) is 0 Å².